The second-order valence-electron chi connectivity index (χ2n) is 3.17. The van der Waals surface area contributed by atoms with Crippen molar-refractivity contribution in [3.05, 3.63) is 42.2 Å². The highest BCUT2D eigenvalue weighted by Gasteiger charge is 2.12. The smallest absolute Gasteiger partial charge is 0.260 e. The number of amides is 1. The maximum absolute atomic E-state index is 11.7. The van der Waals surface area contributed by atoms with Gasteiger partial charge in [0.05, 0.1) is 11.8 Å². The first-order valence-corrected chi connectivity index (χ1v) is 4.83. The van der Waals surface area contributed by atoms with Crippen LogP contribution < -0.4 is 5.32 Å². The van der Waals surface area contributed by atoms with Gasteiger partial charge < -0.3 is 10.4 Å². The zero-order valence-corrected chi connectivity index (χ0v) is 9.27. The first kappa shape index (κ1) is 12.0. The van der Waals surface area contributed by atoms with E-state index in [1.54, 1.807) is 26.1 Å². The summed E-state index contributed by atoms with van der Waals surface area (Å²) in [6.45, 7) is 1.66. The normalized spacial score (nSPS) is 12.4. The van der Waals surface area contributed by atoms with Gasteiger partial charge in [-0.25, -0.2) is 0 Å². The summed E-state index contributed by atoms with van der Waals surface area (Å²) >= 11 is 0. The van der Waals surface area contributed by atoms with Gasteiger partial charge in [0.15, 0.2) is 0 Å². The first-order valence-electron chi connectivity index (χ1n) is 4.83. The van der Waals surface area contributed by atoms with Crippen molar-refractivity contribution < 1.29 is 9.90 Å². The molecule has 1 rings (SSSR count). The molecule has 0 atom stereocenters. The van der Waals surface area contributed by atoms with Gasteiger partial charge in [-0.3, -0.25) is 9.79 Å². The Hall–Kier alpha value is -2.10. The Morgan fingerprint density at radius 2 is 2.00 bits per heavy atom. The van der Waals surface area contributed by atoms with Crippen molar-refractivity contribution in [2.24, 2.45) is 4.99 Å². The van der Waals surface area contributed by atoms with Gasteiger partial charge in [0, 0.05) is 18.4 Å². The largest absolute Gasteiger partial charge is 0.515 e. The standard InChI is InChI=1S/C12H14N2O2/c1-9(13-2)11(8-15)12(16)14-10-6-4-3-5-7-10/h3-8,15H,1-2H3,(H,14,16). The van der Waals surface area contributed by atoms with Crippen LogP contribution in [0.1, 0.15) is 6.92 Å². The number of aliphatic hydroxyl groups is 1. The number of carbonyl (C=O) groups is 1. The number of hydrogen-bond acceptors (Lipinski definition) is 3. The topological polar surface area (TPSA) is 61.7 Å². The molecule has 0 aliphatic heterocycles. The minimum atomic E-state index is -0.378. The summed E-state index contributed by atoms with van der Waals surface area (Å²) in [5.74, 6) is -0.378. The van der Waals surface area contributed by atoms with E-state index in [0.717, 1.165) is 6.26 Å². The number of benzene rings is 1. The third-order valence-corrected chi connectivity index (χ3v) is 2.13. The third-order valence-electron chi connectivity index (χ3n) is 2.13. The predicted molar refractivity (Wildman–Crippen MR) is 64.8 cm³/mol. The van der Waals surface area contributed by atoms with Crippen LogP contribution in [0.15, 0.2) is 47.2 Å². The van der Waals surface area contributed by atoms with Crippen molar-refractivity contribution in [2.75, 3.05) is 12.4 Å². The number of carbonyl (C=O) groups excluding carboxylic acids is 1. The second kappa shape index (κ2) is 5.70. The van der Waals surface area contributed by atoms with Crippen LogP contribution in [-0.4, -0.2) is 23.8 Å². The molecule has 84 valence electrons. The Bertz CT molecular complexity index is 422. The van der Waals surface area contributed by atoms with E-state index in [1.165, 1.54) is 0 Å². The Balaban J connectivity index is 2.80. The number of nitrogens with one attached hydrogen (secondary N) is 1. The zero-order chi connectivity index (χ0) is 12.0. The van der Waals surface area contributed by atoms with Gasteiger partial charge in [0.25, 0.3) is 5.91 Å². The minimum absolute atomic E-state index is 0.159. The maximum Gasteiger partial charge on any atom is 0.260 e. The fraction of sp³-hybridized carbons (Fsp3) is 0.167. The van der Waals surface area contributed by atoms with E-state index >= 15 is 0 Å². The molecule has 0 radical (unpaired) electrons. The van der Waals surface area contributed by atoms with Crippen molar-refractivity contribution in [1.82, 2.24) is 0 Å². The molecule has 0 bridgehead atoms. The van der Waals surface area contributed by atoms with Crippen LogP contribution in [0.3, 0.4) is 0 Å². The molecule has 4 nitrogen and oxygen atoms in total. The quantitative estimate of drug-likeness (QED) is 0.464. The second-order valence-corrected chi connectivity index (χ2v) is 3.17. The highest BCUT2D eigenvalue weighted by Crippen LogP contribution is 2.08. The lowest BCUT2D eigenvalue weighted by molar-refractivity contribution is -0.112. The molecule has 0 saturated carbocycles. The van der Waals surface area contributed by atoms with E-state index in [4.69, 9.17) is 5.11 Å². The average molecular weight is 218 g/mol. The van der Waals surface area contributed by atoms with Gasteiger partial charge in [0.2, 0.25) is 0 Å². The summed E-state index contributed by atoms with van der Waals surface area (Å²) in [7, 11) is 1.56. The molecule has 1 aromatic rings. The SMILES string of the molecule is CN=C(C)C(=CO)C(=O)Nc1ccccc1. The van der Waals surface area contributed by atoms with Crippen molar-refractivity contribution in [3.8, 4) is 0 Å². The summed E-state index contributed by atoms with van der Waals surface area (Å²) in [4.78, 5) is 15.6. The molecule has 0 spiro atoms. The van der Waals surface area contributed by atoms with Gasteiger partial charge >= 0.3 is 0 Å². The highest BCUT2D eigenvalue weighted by molar-refractivity contribution is 6.24. The molecule has 4 heteroatoms. The van der Waals surface area contributed by atoms with E-state index in [9.17, 15) is 4.79 Å². The van der Waals surface area contributed by atoms with Gasteiger partial charge in [-0.2, -0.15) is 0 Å². The fourth-order valence-corrected chi connectivity index (χ4v) is 1.16. The summed E-state index contributed by atoms with van der Waals surface area (Å²) in [6, 6.07) is 9.03. The molecule has 0 fully saturated rings. The molecular weight excluding hydrogens is 204 g/mol. The van der Waals surface area contributed by atoms with Crippen LogP contribution in [0, 0.1) is 0 Å². The number of para-hydroxylation sites is 1. The van der Waals surface area contributed by atoms with Crippen LogP contribution >= 0.6 is 0 Å². The van der Waals surface area contributed by atoms with Gasteiger partial charge in [0.1, 0.15) is 0 Å². The summed E-state index contributed by atoms with van der Waals surface area (Å²) in [5, 5.41) is 11.6. The highest BCUT2D eigenvalue weighted by atomic mass is 16.2. The van der Waals surface area contributed by atoms with E-state index in [1.807, 2.05) is 18.2 Å². The van der Waals surface area contributed by atoms with E-state index in [0.29, 0.717) is 11.4 Å². The molecular formula is C12H14N2O2. The summed E-state index contributed by atoms with van der Waals surface area (Å²) in [5.41, 5.74) is 1.32. The number of aliphatic imine (C=N–C) groups is 1. The van der Waals surface area contributed by atoms with Crippen molar-refractivity contribution >= 4 is 17.3 Å². The molecule has 0 aromatic heterocycles. The van der Waals surface area contributed by atoms with Crippen LogP contribution in [0.25, 0.3) is 0 Å². The molecule has 1 aromatic carbocycles. The molecule has 1 amide bonds. The molecule has 2 N–H and O–H groups in total. The Morgan fingerprint density at radius 3 is 2.50 bits per heavy atom. The van der Waals surface area contributed by atoms with Crippen molar-refractivity contribution in [1.29, 1.82) is 0 Å². The number of rotatable bonds is 3. The lowest BCUT2D eigenvalue weighted by Crippen LogP contribution is -2.19. The lowest BCUT2D eigenvalue weighted by atomic mass is 10.1. The van der Waals surface area contributed by atoms with Crippen LogP contribution in [0.4, 0.5) is 5.69 Å². The van der Waals surface area contributed by atoms with Gasteiger partial charge in [-0.05, 0) is 19.1 Å². The molecule has 0 aliphatic rings. The first-order chi connectivity index (χ1) is 7.69. The number of aliphatic hydroxyl groups excluding tert-OH is 1. The Labute approximate surface area is 94.3 Å². The molecule has 0 aliphatic carbocycles. The minimum Gasteiger partial charge on any atom is -0.515 e. The lowest BCUT2D eigenvalue weighted by Gasteiger charge is -2.06. The van der Waals surface area contributed by atoms with Crippen LogP contribution in [0.5, 0.6) is 0 Å². The average Bonchev–Trinajstić information content (AvgIpc) is 2.31. The van der Waals surface area contributed by atoms with Gasteiger partial charge in [-0.1, -0.05) is 18.2 Å². The van der Waals surface area contributed by atoms with E-state index < -0.39 is 0 Å². The molecule has 16 heavy (non-hydrogen) atoms. The zero-order valence-electron chi connectivity index (χ0n) is 9.27. The molecule has 0 saturated heterocycles. The Morgan fingerprint density at radius 1 is 1.38 bits per heavy atom. The summed E-state index contributed by atoms with van der Waals surface area (Å²) < 4.78 is 0. The maximum atomic E-state index is 11.7. The third kappa shape index (κ3) is 2.95. The summed E-state index contributed by atoms with van der Waals surface area (Å²) in [6.07, 6.45) is 0.764. The fourth-order valence-electron chi connectivity index (χ4n) is 1.16. The van der Waals surface area contributed by atoms with E-state index in [-0.39, 0.29) is 11.5 Å². The molecule has 0 heterocycles. The van der Waals surface area contributed by atoms with Gasteiger partial charge in [-0.15, -0.1) is 0 Å². The van der Waals surface area contributed by atoms with Crippen molar-refractivity contribution in [2.45, 2.75) is 6.92 Å². The molecule has 0 unspecified atom stereocenters. The van der Waals surface area contributed by atoms with Crippen molar-refractivity contribution in [3.63, 3.8) is 0 Å². The number of anilines is 1. The van der Waals surface area contributed by atoms with Crippen LogP contribution in [0.2, 0.25) is 0 Å². The Kier molecular flexibility index (Phi) is 4.27. The van der Waals surface area contributed by atoms with E-state index in [2.05, 4.69) is 10.3 Å². The number of hydrogen-bond donors (Lipinski definition) is 2. The number of nitrogens with zero attached hydrogens (tertiary/aromatic N) is 1. The van der Waals surface area contributed by atoms with Crippen LogP contribution in [-0.2, 0) is 4.79 Å². The predicted octanol–water partition coefficient (Wildman–Crippen LogP) is 2.16. The monoisotopic (exact) mass is 218 g/mol.